The van der Waals surface area contributed by atoms with E-state index in [9.17, 15) is 9.59 Å². The second-order valence-electron chi connectivity index (χ2n) is 8.44. The first-order valence-corrected chi connectivity index (χ1v) is 12.7. The van der Waals surface area contributed by atoms with Gasteiger partial charge in [0.1, 0.15) is 11.8 Å². The number of benzene rings is 2. The fraction of sp³-hybridized carbons (Fsp3) is 0.440. The minimum Gasteiger partial charge on any atom is -0.484 e. The van der Waals surface area contributed by atoms with Crippen molar-refractivity contribution in [2.75, 3.05) is 6.61 Å². The Bertz CT molecular complexity index is 975. The summed E-state index contributed by atoms with van der Waals surface area (Å²) in [7, 11) is 0. The number of rotatable bonds is 8. The van der Waals surface area contributed by atoms with Gasteiger partial charge in [-0.1, -0.05) is 64.5 Å². The number of halogens is 3. The molecule has 1 aliphatic carbocycles. The van der Waals surface area contributed by atoms with Crippen LogP contribution in [0.15, 0.2) is 40.9 Å². The first-order valence-electron chi connectivity index (χ1n) is 11.2. The summed E-state index contributed by atoms with van der Waals surface area (Å²) in [5.41, 5.74) is 1.60. The predicted molar refractivity (Wildman–Crippen MR) is 136 cm³/mol. The highest BCUT2D eigenvalue weighted by molar-refractivity contribution is 9.10. The first-order chi connectivity index (χ1) is 15.8. The van der Waals surface area contributed by atoms with Crippen molar-refractivity contribution in [2.24, 2.45) is 0 Å². The lowest BCUT2D eigenvalue weighted by molar-refractivity contribution is -0.142. The van der Waals surface area contributed by atoms with Crippen molar-refractivity contribution in [3.8, 4) is 5.75 Å². The second-order valence-corrected chi connectivity index (χ2v) is 10.1. The molecule has 2 amide bonds. The number of nitrogens with one attached hydrogen (secondary N) is 1. The van der Waals surface area contributed by atoms with Gasteiger partial charge in [-0.15, -0.1) is 0 Å². The molecule has 0 unspecified atom stereocenters. The van der Waals surface area contributed by atoms with Gasteiger partial charge in [0.05, 0.1) is 0 Å². The molecule has 2 aromatic carbocycles. The van der Waals surface area contributed by atoms with Gasteiger partial charge >= 0.3 is 0 Å². The molecule has 1 aliphatic rings. The molecule has 2 aromatic rings. The molecule has 1 atom stereocenters. The standard InChI is InChI=1S/C25H29BrCl2N2O3/c1-16-13-19(11-12-21(16)26)33-15-24(31)30(14-20-22(27)9-6-10-23(20)28)17(2)25(32)29-18-7-4-3-5-8-18/h6,9-13,17-18H,3-5,7-8,14-15H2,1-2H3,(H,29,32)/t17-/m1/s1. The average molecular weight is 556 g/mol. The second kappa shape index (κ2) is 12.1. The molecule has 0 heterocycles. The van der Waals surface area contributed by atoms with E-state index in [0.29, 0.717) is 21.4 Å². The lowest BCUT2D eigenvalue weighted by Crippen LogP contribution is -2.51. The van der Waals surface area contributed by atoms with Crippen molar-refractivity contribution >= 4 is 50.9 Å². The fourth-order valence-electron chi connectivity index (χ4n) is 3.94. The highest BCUT2D eigenvalue weighted by atomic mass is 79.9. The summed E-state index contributed by atoms with van der Waals surface area (Å²) in [6.07, 6.45) is 5.35. The number of ether oxygens (including phenoxy) is 1. The van der Waals surface area contributed by atoms with Gasteiger partial charge in [0.2, 0.25) is 5.91 Å². The third-order valence-corrected chi connectivity index (χ3v) is 7.60. The average Bonchev–Trinajstić information content (AvgIpc) is 2.79. The summed E-state index contributed by atoms with van der Waals surface area (Å²) < 4.78 is 6.72. The maximum atomic E-state index is 13.3. The Morgan fingerprint density at radius 1 is 1.15 bits per heavy atom. The van der Waals surface area contributed by atoms with Crippen LogP contribution >= 0.6 is 39.1 Å². The van der Waals surface area contributed by atoms with Gasteiger partial charge in [-0.3, -0.25) is 9.59 Å². The van der Waals surface area contributed by atoms with Crippen LogP contribution in [0.3, 0.4) is 0 Å². The van der Waals surface area contributed by atoms with E-state index < -0.39 is 6.04 Å². The molecular weight excluding hydrogens is 527 g/mol. The maximum Gasteiger partial charge on any atom is 0.261 e. The number of hydrogen-bond acceptors (Lipinski definition) is 3. The Morgan fingerprint density at radius 3 is 2.45 bits per heavy atom. The molecule has 178 valence electrons. The van der Waals surface area contributed by atoms with E-state index in [0.717, 1.165) is 35.7 Å². The normalized spacial score (nSPS) is 15.1. The van der Waals surface area contributed by atoms with Crippen LogP contribution in [-0.4, -0.2) is 35.4 Å². The molecule has 1 fully saturated rings. The van der Waals surface area contributed by atoms with Crippen LogP contribution < -0.4 is 10.1 Å². The predicted octanol–water partition coefficient (Wildman–Crippen LogP) is 6.31. The summed E-state index contributed by atoms with van der Waals surface area (Å²) in [5, 5.41) is 4.01. The van der Waals surface area contributed by atoms with Gasteiger partial charge in [-0.25, -0.2) is 0 Å². The van der Waals surface area contributed by atoms with Crippen molar-refractivity contribution in [3.05, 3.63) is 62.0 Å². The fourth-order valence-corrected chi connectivity index (χ4v) is 4.70. The summed E-state index contributed by atoms with van der Waals surface area (Å²) in [4.78, 5) is 27.8. The van der Waals surface area contributed by atoms with E-state index in [1.807, 2.05) is 19.1 Å². The SMILES string of the molecule is Cc1cc(OCC(=O)N(Cc2c(Cl)cccc2Cl)[C@H](C)C(=O)NC2CCCCC2)ccc1Br. The van der Waals surface area contributed by atoms with Crippen LogP contribution in [-0.2, 0) is 16.1 Å². The summed E-state index contributed by atoms with van der Waals surface area (Å²) in [6.45, 7) is 3.58. The van der Waals surface area contributed by atoms with Crippen molar-refractivity contribution in [1.29, 1.82) is 0 Å². The van der Waals surface area contributed by atoms with E-state index in [2.05, 4.69) is 21.2 Å². The minimum absolute atomic E-state index is 0.110. The summed E-state index contributed by atoms with van der Waals surface area (Å²) in [6, 6.07) is 10.1. The Balaban J connectivity index is 1.76. The first kappa shape index (κ1) is 25.9. The monoisotopic (exact) mass is 554 g/mol. The maximum absolute atomic E-state index is 13.3. The molecule has 0 saturated heterocycles. The number of amides is 2. The van der Waals surface area contributed by atoms with Crippen molar-refractivity contribution < 1.29 is 14.3 Å². The minimum atomic E-state index is -0.706. The molecule has 0 spiro atoms. The smallest absolute Gasteiger partial charge is 0.261 e. The molecule has 5 nitrogen and oxygen atoms in total. The van der Waals surface area contributed by atoms with Crippen LogP contribution in [0.25, 0.3) is 0 Å². The molecule has 3 rings (SSSR count). The molecule has 0 bridgehead atoms. The molecule has 0 aliphatic heterocycles. The van der Waals surface area contributed by atoms with Gasteiger partial charge in [0.15, 0.2) is 6.61 Å². The topological polar surface area (TPSA) is 58.6 Å². The Labute approximate surface area is 213 Å². The zero-order chi connectivity index (χ0) is 24.0. The van der Waals surface area contributed by atoms with Gasteiger partial charge in [-0.05, 0) is 62.6 Å². The van der Waals surface area contributed by atoms with E-state index in [-0.39, 0.29) is 31.0 Å². The third-order valence-electron chi connectivity index (χ3n) is 6.00. The van der Waals surface area contributed by atoms with E-state index >= 15 is 0 Å². The summed E-state index contributed by atoms with van der Waals surface area (Å²) >= 11 is 16.2. The Kier molecular flexibility index (Phi) is 9.47. The van der Waals surface area contributed by atoms with Crippen LogP contribution in [0.2, 0.25) is 10.0 Å². The molecular formula is C25H29BrCl2N2O3. The Hall–Kier alpha value is -1.76. The van der Waals surface area contributed by atoms with Gasteiger partial charge in [-0.2, -0.15) is 0 Å². The van der Waals surface area contributed by atoms with Crippen LogP contribution in [0.1, 0.15) is 50.2 Å². The highest BCUT2D eigenvalue weighted by Gasteiger charge is 2.29. The number of carbonyl (C=O) groups is 2. The van der Waals surface area contributed by atoms with E-state index in [1.165, 1.54) is 11.3 Å². The largest absolute Gasteiger partial charge is 0.484 e. The summed E-state index contributed by atoms with van der Waals surface area (Å²) in [5.74, 6) is 0.0786. The zero-order valence-electron chi connectivity index (χ0n) is 18.9. The molecule has 8 heteroatoms. The van der Waals surface area contributed by atoms with Crippen LogP contribution in [0.4, 0.5) is 0 Å². The van der Waals surface area contributed by atoms with Crippen molar-refractivity contribution in [1.82, 2.24) is 10.2 Å². The number of hydrogen-bond donors (Lipinski definition) is 1. The molecule has 0 aromatic heterocycles. The Morgan fingerprint density at radius 2 is 1.82 bits per heavy atom. The zero-order valence-corrected chi connectivity index (χ0v) is 22.0. The lowest BCUT2D eigenvalue weighted by atomic mass is 9.95. The lowest BCUT2D eigenvalue weighted by Gasteiger charge is -2.31. The molecule has 1 saturated carbocycles. The highest BCUT2D eigenvalue weighted by Crippen LogP contribution is 2.27. The van der Waals surface area contributed by atoms with Gasteiger partial charge in [0, 0.05) is 32.7 Å². The third kappa shape index (κ3) is 7.11. The number of aryl methyl sites for hydroxylation is 1. The molecule has 33 heavy (non-hydrogen) atoms. The van der Waals surface area contributed by atoms with Crippen LogP contribution in [0.5, 0.6) is 5.75 Å². The molecule has 1 N–H and O–H groups in total. The number of carbonyl (C=O) groups excluding carboxylic acids is 2. The van der Waals surface area contributed by atoms with Crippen molar-refractivity contribution in [3.63, 3.8) is 0 Å². The van der Waals surface area contributed by atoms with Gasteiger partial charge < -0.3 is 15.0 Å². The quantitative estimate of drug-likeness (QED) is 0.415. The van der Waals surface area contributed by atoms with Crippen molar-refractivity contribution in [2.45, 2.75) is 64.6 Å². The number of nitrogens with zero attached hydrogens (tertiary/aromatic N) is 1. The van der Waals surface area contributed by atoms with E-state index in [4.69, 9.17) is 27.9 Å². The van der Waals surface area contributed by atoms with Gasteiger partial charge in [0.25, 0.3) is 5.91 Å². The van der Waals surface area contributed by atoms with Crippen LogP contribution in [0, 0.1) is 6.92 Å². The van der Waals surface area contributed by atoms with E-state index in [1.54, 1.807) is 31.2 Å². The molecule has 0 radical (unpaired) electrons.